The molecule has 40 heavy (non-hydrogen) atoms. The molecule has 5 rings (SSSR count). The Bertz CT molecular complexity index is 1350. The number of piperazine rings is 1. The third-order valence-corrected chi connectivity index (χ3v) is 7.96. The van der Waals surface area contributed by atoms with Gasteiger partial charge >= 0.3 is 0 Å². The van der Waals surface area contributed by atoms with E-state index in [0.717, 1.165) is 51.1 Å². The van der Waals surface area contributed by atoms with E-state index in [1.807, 2.05) is 23.1 Å². The summed E-state index contributed by atoms with van der Waals surface area (Å²) >= 11 is 0. The Morgan fingerprint density at radius 3 is 2.55 bits per heavy atom. The lowest BCUT2D eigenvalue weighted by atomic mass is 10.0. The van der Waals surface area contributed by atoms with Crippen molar-refractivity contribution in [1.29, 1.82) is 0 Å². The molecule has 8 nitrogen and oxygen atoms in total. The zero-order valence-electron chi connectivity index (χ0n) is 23.4. The number of carbonyl (C=O) groups is 3. The summed E-state index contributed by atoms with van der Waals surface area (Å²) in [5, 5.41) is 3.02. The van der Waals surface area contributed by atoms with Crippen LogP contribution in [0.2, 0.25) is 0 Å². The molecular formula is C32H38N4O4. The predicted octanol–water partition coefficient (Wildman–Crippen LogP) is 5.31. The van der Waals surface area contributed by atoms with Crippen molar-refractivity contribution in [2.24, 2.45) is 0 Å². The number of hydrogen-bond acceptors (Lipinski definition) is 6. The van der Waals surface area contributed by atoms with E-state index >= 15 is 0 Å². The molecule has 1 atom stereocenters. The van der Waals surface area contributed by atoms with Crippen LogP contribution in [0.5, 0.6) is 0 Å². The van der Waals surface area contributed by atoms with Crippen LogP contribution in [0.3, 0.4) is 0 Å². The number of aryl methyl sites for hydroxylation is 1. The van der Waals surface area contributed by atoms with Gasteiger partial charge in [-0.25, -0.2) is 0 Å². The summed E-state index contributed by atoms with van der Waals surface area (Å²) in [7, 11) is 2.14. The van der Waals surface area contributed by atoms with Gasteiger partial charge in [-0.1, -0.05) is 30.3 Å². The lowest BCUT2D eigenvalue weighted by Crippen LogP contribution is -2.47. The number of carbonyl (C=O) groups excluding carboxylic acids is 3. The second kappa shape index (κ2) is 12.5. The number of likely N-dealkylation sites (N-methyl/N-ethyl adjacent to an activating group) is 1. The van der Waals surface area contributed by atoms with Gasteiger partial charge in [-0.05, 0) is 69.1 Å². The number of Topliss-reactive ketones (excluding diaryl/α,β-unsaturated/α-hetero) is 1. The summed E-state index contributed by atoms with van der Waals surface area (Å²) < 4.78 is 5.56. The zero-order chi connectivity index (χ0) is 28.1. The molecule has 2 aliphatic rings. The van der Waals surface area contributed by atoms with Crippen molar-refractivity contribution < 1.29 is 18.8 Å². The summed E-state index contributed by atoms with van der Waals surface area (Å²) in [5.74, 6) is 0.798. The van der Waals surface area contributed by atoms with Crippen molar-refractivity contribution in [1.82, 2.24) is 9.80 Å². The summed E-state index contributed by atoms with van der Waals surface area (Å²) in [5.41, 5.74) is 3.30. The van der Waals surface area contributed by atoms with Crippen molar-refractivity contribution in [2.75, 3.05) is 50.0 Å². The monoisotopic (exact) mass is 542 g/mol. The Kier molecular flexibility index (Phi) is 8.65. The van der Waals surface area contributed by atoms with Gasteiger partial charge in [0, 0.05) is 51.1 Å². The highest BCUT2D eigenvalue weighted by atomic mass is 16.3. The summed E-state index contributed by atoms with van der Waals surface area (Å²) in [4.78, 5) is 44.6. The van der Waals surface area contributed by atoms with Crippen molar-refractivity contribution in [3.05, 3.63) is 83.3 Å². The Morgan fingerprint density at radius 1 is 1.00 bits per heavy atom. The first-order valence-corrected chi connectivity index (χ1v) is 14.2. The van der Waals surface area contributed by atoms with Crippen LogP contribution in [0.4, 0.5) is 11.4 Å². The van der Waals surface area contributed by atoms with Gasteiger partial charge in [0.15, 0.2) is 11.5 Å². The molecule has 8 heteroatoms. The molecule has 1 unspecified atom stereocenters. The van der Waals surface area contributed by atoms with E-state index in [0.29, 0.717) is 36.4 Å². The minimum atomic E-state index is -0.344. The Morgan fingerprint density at radius 2 is 1.82 bits per heavy atom. The molecule has 0 bridgehead atoms. The molecule has 3 heterocycles. The SMILES string of the molecule is Cc1ccc(C(=O)Nc2cc(C(=O)CCCCN3CCCC3=O)ccc2N2CCN(C)C(c3ccccc3)C2)o1. The van der Waals surface area contributed by atoms with E-state index in [1.54, 1.807) is 25.1 Å². The number of likely N-dealkylation sites (tertiary alicyclic amines) is 1. The minimum absolute atomic E-state index is 0.0316. The maximum absolute atomic E-state index is 13.2. The van der Waals surface area contributed by atoms with Crippen LogP contribution in [0.1, 0.15) is 70.4 Å². The summed E-state index contributed by atoms with van der Waals surface area (Å²) in [6.07, 6.45) is 3.48. The molecule has 2 fully saturated rings. The first kappa shape index (κ1) is 27.6. The van der Waals surface area contributed by atoms with Crippen molar-refractivity contribution in [3.8, 4) is 0 Å². The third kappa shape index (κ3) is 6.45. The summed E-state index contributed by atoms with van der Waals surface area (Å²) in [6, 6.07) is 19.7. The van der Waals surface area contributed by atoms with Crippen LogP contribution in [0, 0.1) is 6.92 Å². The van der Waals surface area contributed by atoms with Crippen molar-refractivity contribution in [3.63, 3.8) is 0 Å². The fraction of sp³-hybridized carbons (Fsp3) is 0.406. The average molecular weight is 543 g/mol. The number of anilines is 2. The maximum atomic E-state index is 13.2. The fourth-order valence-corrected chi connectivity index (χ4v) is 5.63. The van der Waals surface area contributed by atoms with Crippen LogP contribution >= 0.6 is 0 Å². The van der Waals surface area contributed by atoms with Crippen LogP contribution < -0.4 is 10.2 Å². The number of nitrogens with one attached hydrogen (secondary N) is 1. The van der Waals surface area contributed by atoms with Crippen LogP contribution in [0.25, 0.3) is 0 Å². The van der Waals surface area contributed by atoms with Gasteiger partial charge in [0.1, 0.15) is 5.76 Å². The van der Waals surface area contributed by atoms with E-state index < -0.39 is 0 Å². The third-order valence-electron chi connectivity index (χ3n) is 7.96. The van der Waals surface area contributed by atoms with E-state index in [9.17, 15) is 14.4 Å². The lowest BCUT2D eigenvalue weighted by molar-refractivity contribution is -0.127. The van der Waals surface area contributed by atoms with E-state index in [1.165, 1.54) is 5.56 Å². The number of furan rings is 1. The van der Waals surface area contributed by atoms with Gasteiger partial charge in [0.05, 0.1) is 17.4 Å². The molecule has 2 amide bonds. The van der Waals surface area contributed by atoms with Gasteiger partial charge < -0.3 is 19.5 Å². The largest absolute Gasteiger partial charge is 0.456 e. The van der Waals surface area contributed by atoms with Gasteiger partial charge in [-0.15, -0.1) is 0 Å². The predicted molar refractivity (Wildman–Crippen MR) is 156 cm³/mol. The summed E-state index contributed by atoms with van der Waals surface area (Å²) in [6.45, 7) is 5.75. The number of amides is 2. The average Bonchev–Trinajstić information content (AvgIpc) is 3.59. The number of unbranched alkanes of at least 4 members (excludes halogenated alkanes) is 1. The van der Waals surface area contributed by atoms with Crippen molar-refractivity contribution >= 4 is 29.0 Å². The number of nitrogens with zero attached hydrogens (tertiary/aromatic N) is 3. The van der Waals surface area contributed by atoms with Gasteiger partial charge in [-0.2, -0.15) is 0 Å². The maximum Gasteiger partial charge on any atom is 0.291 e. The normalized spacial score (nSPS) is 17.9. The molecule has 210 valence electrons. The zero-order valence-corrected chi connectivity index (χ0v) is 23.4. The molecule has 0 spiro atoms. The van der Waals surface area contributed by atoms with Gasteiger partial charge in [0.25, 0.3) is 5.91 Å². The molecule has 3 aromatic rings. The molecule has 2 aromatic carbocycles. The molecule has 2 saturated heterocycles. The standard InChI is InChI=1S/C32H38N4O4/c1-23-13-16-30(40-23)32(39)33-26-21-25(29(37)11-6-7-17-35-18-8-12-31(35)38)14-15-27(26)36-20-19-34(2)28(22-36)24-9-4-3-5-10-24/h3-5,9-10,13-16,21,28H,6-8,11-12,17-20,22H2,1-2H3,(H,33,39). The molecule has 1 N–H and O–H groups in total. The molecule has 2 aliphatic heterocycles. The fourth-order valence-electron chi connectivity index (χ4n) is 5.63. The number of ketones is 1. The Labute approximate surface area is 235 Å². The first-order chi connectivity index (χ1) is 19.4. The number of rotatable bonds is 10. The second-order valence-electron chi connectivity index (χ2n) is 10.8. The smallest absolute Gasteiger partial charge is 0.291 e. The minimum Gasteiger partial charge on any atom is -0.456 e. The topological polar surface area (TPSA) is 86.1 Å². The molecular weight excluding hydrogens is 504 g/mol. The Hall–Kier alpha value is -3.91. The van der Waals surface area contributed by atoms with Gasteiger partial charge in [-0.3, -0.25) is 19.3 Å². The van der Waals surface area contributed by atoms with Crippen molar-refractivity contribution in [2.45, 2.75) is 45.1 Å². The van der Waals surface area contributed by atoms with Crippen LogP contribution in [-0.4, -0.2) is 67.2 Å². The second-order valence-corrected chi connectivity index (χ2v) is 10.8. The van der Waals surface area contributed by atoms with Gasteiger partial charge in [0.2, 0.25) is 5.91 Å². The van der Waals surface area contributed by atoms with E-state index in [-0.39, 0.29) is 29.4 Å². The first-order valence-electron chi connectivity index (χ1n) is 14.2. The molecule has 0 aliphatic carbocycles. The van der Waals surface area contributed by atoms with E-state index in [4.69, 9.17) is 4.42 Å². The quantitative estimate of drug-likeness (QED) is 0.276. The number of benzene rings is 2. The highest BCUT2D eigenvalue weighted by Gasteiger charge is 2.28. The molecule has 0 radical (unpaired) electrons. The highest BCUT2D eigenvalue weighted by Crippen LogP contribution is 2.33. The highest BCUT2D eigenvalue weighted by molar-refractivity contribution is 6.06. The molecule has 1 aromatic heterocycles. The van der Waals surface area contributed by atoms with Crippen LogP contribution in [-0.2, 0) is 4.79 Å². The molecule has 0 saturated carbocycles. The van der Waals surface area contributed by atoms with Crippen LogP contribution in [0.15, 0.2) is 65.1 Å². The number of hydrogen-bond donors (Lipinski definition) is 1. The van der Waals surface area contributed by atoms with E-state index in [2.05, 4.69) is 46.4 Å². The Balaban J connectivity index is 1.33. The lowest BCUT2D eigenvalue weighted by Gasteiger charge is -2.41.